The van der Waals surface area contributed by atoms with Crippen LogP contribution in [0.1, 0.15) is 29.6 Å². The van der Waals surface area contributed by atoms with Crippen LogP contribution in [-0.2, 0) is 0 Å². The molecule has 0 fully saturated rings. The van der Waals surface area contributed by atoms with Gasteiger partial charge in [0.1, 0.15) is 0 Å². The number of unbranched alkanes of at least 4 members (excludes halogenated alkanes) is 2. The van der Waals surface area contributed by atoms with Gasteiger partial charge in [0.25, 0.3) is 5.91 Å². The molecule has 2 nitrogen and oxygen atoms in total. The fourth-order valence-corrected chi connectivity index (χ4v) is 2.76. The molecule has 0 spiro atoms. The Bertz CT molecular complexity index is 409. The van der Waals surface area contributed by atoms with Gasteiger partial charge in [-0.15, -0.1) is 0 Å². The minimum absolute atomic E-state index is 0.0574. The Labute approximate surface area is 134 Å². The van der Waals surface area contributed by atoms with Gasteiger partial charge in [0.15, 0.2) is 0 Å². The molecule has 0 aromatic heterocycles. The van der Waals surface area contributed by atoms with Crippen LogP contribution in [0.3, 0.4) is 0 Å². The van der Waals surface area contributed by atoms with Crippen molar-refractivity contribution in [1.29, 1.82) is 0 Å². The fourth-order valence-electron chi connectivity index (χ4n) is 1.59. The van der Waals surface area contributed by atoms with Crippen LogP contribution in [0.25, 0.3) is 0 Å². The number of hydrogen-bond acceptors (Lipinski definition) is 1. The van der Waals surface area contributed by atoms with Crippen molar-refractivity contribution in [2.75, 3.05) is 18.9 Å². The lowest BCUT2D eigenvalue weighted by atomic mass is 10.2. The van der Waals surface area contributed by atoms with Crippen LogP contribution >= 0.6 is 47.8 Å². The van der Waals surface area contributed by atoms with E-state index in [0.29, 0.717) is 5.56 Å². The van der Waals surface area contributed by atoms with Crippen molar-refractivity contribution in [3.8, 4) is 0 Å². The van der Waals surface area contributed by atoms with E-state index >= 15 is 0 Å². The van der Waals surface area contributed by atoms with Gasteiger partial charge in [0.05, 0.1) is 5.56 Å². The summed E-state index contributed by atoms with van der Waals surface area (Å²) in [5.74, 6) is 0.0574. The largest absolute Gasteiger partial charge is 0.342 e. The Hall–Kier alpha value is 0.130. The van der Waals surface area contributed by atoms with Gasteiger partial charge in [-0.1, -0.05) is 38.3 Å². The summed E-state index contributed by atoms with van der Waals surface area (Å²) in [4.78, 5) is 14.0. The molecule has 0 N–H and O–H groups in total. The standard InChI is InChI=1S/C13H16Br3NO/c1-17(8-4-2-3-7-14)13(18)11-9-10(15)5-6-12(11)16/h5-6,9H,2-4,7-8H2,1H3. The molecule has 0 aliphatic carbocycles. The summed E-state index contributed by atoms with van der Waals surface area (Å²) in [5, 5.41) is 1.03. The first-order valence-corrected chi connectivity index (χ1v) is 8.53. The summed E-state index contributed by atoms with van der Waals surface area (Å²) < 4.78 is 1.75. The van der Waals surface area contributed by atoms with Gasteiger partial charge in [-0.25, -0.2) is 0 Å². The molecule has 0 saturated carbocycles. The maximum atomic E-state index is 12.2. The minimum Gasteiger partial charge on any atom is -0.342 e. The highest BCUT2D eigenvalue weighted by atomic mass is 79.9. The van der Waals surface area contributed by atoms with Crippen LogP contribution < -0.4 is 0 Å². The number of rotatable bonds is 6. The average Bonchev–Trinajstić information content (AvgIpc) is 2.36. The first-order chi connectivity index (χ1) is 8.56. The predicted molar refractivity (Wildman–Crippen MR) is 86.4 cm³/mol. The third kappa shape index (κ3) is 5.02. The molecule has 0 aliphatic heterocycles. The van der Waals surface area contributed by atoms with Crippen molar-refractivity contribution in [2.24, 2.45) is 0 Å². The molecule has 1 aromatic carbocycles. The molecular weight excluding hydrogens is 426 g/mol. The summed E-state index contributed by atoms with van der Waals surface area (Å²) in [6.07, 6.45) is 3.34. The molecule has 0 heterocycles. The van der Waals surface area contributed by atoms with Crippen molar-refractivity contribution in [1.82, 2.24) is 4.90 Å². The fraction of sp³-hybridized carbons (Fsp3) is 0.462. The van der Waals surface area contributed by atoms with E-state index in [2.05, 4.69) is 47.8 Å². The molecule has 1 rings (SSSR count). The highest BCUT2D eigenvalue weighted by Gasteiger charge is 2.14. The van der Waals surface area contributed by atoms with Crippen molar-refractivity contribution in [3.05, 3.63) is 32.7 Å². The number of hydrogen-bond donors (Lipinski definition) is 0. The van der Waals surface area contributed by atoms with Gasteiger partial charge in [-0.3, -0.25) is 4.79 Å². The van der Waals surface area contributed by atoms with E-state index in [1.807, 2.05) is 25.2 Å². The van der Waals surface area contributed by atoms with E-state index in [1.165, 1.54) is 0 Å². The predicted octanol–water partition coefficient (Wildman–Crippen LogP) is 4.85. The van der Waals surface area contributed by atoms with E-state index in [4.69, 9.17) is 0 Å². The van der Waals surface area contributed by atoms with Gasteiger partial charge >= 0.3 is 0 Å². The first-order valence-electron chi connectivity index (χ1n) is 5.82. The van der Waals surface area contributed by atoms with E-state index in [9.17, 15) is 4.79 Å². The molecule has 0 bridgehead atoms. The van der Waals surface area contributed by atoms with Gasteiger partial charge in [-0.05, 0) is 47.0 Å². The van der Waals surface area contributed by atoms with Crippen LogP contribution in [0.15, 0.2) is 27.1 Å². The molecule has 5 heteroatoms. The van der Waals surface area contributed by atoms with Gasteiger partial charge in [0.2, 0.25) is 0 Å². The van der Waals surface area contributed by atoms with Crippen LogP contribution in [0.5, 0.6) is 0 Å². The van der Waals surface area contributed by atoms with Gasteiger partial charge in [0, 0.05) is 27.9 Å². The number of carbonyl (C=O) groups excluding carboxylic acids is 1. The Morgan fingerprint density at radius 1 is 1.22 bits per heavy atom. The second-order valence-electron chi connectivity index (χ2n) is 4.10. The summed E-state index contributed by atoms with van der Waals surface area (Å²) in [7, 11) is 1.85. The van der Waals surface area contributed by atoms with Crippen molar-refractivity contribution in [3.63, 3.8) is 0 Å². The van der Waals surface area contributed by atoms with E-state index in [-0.39, 0.29) is 5.91 Å². The molecule has 100 valence electrons. The Morgan fingerprint density at radius 2 is 1.94 bits per heavy atom. The zero-order valence-electron chi connectivity index (χ0n) is 10.3. The second-order valence-corrected chi connectivity index (χ2v) is 6.66. The van der Waals surface area contributed by atoms with Crippen LogP contribution in [0.2, 0.25) is 0 Å². The zero-order valence-corrected chi connectivity index (χ0v) is 15.0. The minimum atomic E-state index is 0.0574. The zero-order chi connectivity index (χ0) is 13.5. The molecule has 0 saturated heterocycles. The molecule has 0 unspecified atom stereocenters. The maximum Gasteiger partial charge on any atom is 0.254 e. The topological polar surface area (TPSA) is 20.3 Å². The monoisotopic (exact) mass is 439 g/mol. The average molecular weight is 442 g/mol. The molecule has 18 heavy (non-hydrogen) atoms. The van der Waals surface area contributed by atoms with Crippen molar-refractivity contribution < 1.29 is 4.79 Å². The molecule has 1 aromatic rings. The molecule has 1 amide bonds. The number of carbonyl (C=O) groups is 1. The number of nitrogens with zero attached hydrogens (tertiary/aromatic N) is 1. The molecule has 0 radical (unpaired) electrons. The van der Waals surface area contributed by atoms with Gasteiger partial charge in [-0.2, -0.15) is 0 Å². The quantitative estimate of drug-likeness (QED) is 0.456. The number of alkyl halides is 1. The molecular formula is C13H16Br3NO. The summed E-state index contributed by atoms with van der Waals surface area (Å²) in [6.45, 7) is 0.796. The Kier molecular flexibility index (Phi) is 7.49. The van der Waals surface area contributed by atoms with Crippen LogP contribution in [0.4, 0.5) is 0 Å². The van der Waals surface area contributed by atoms with E-state index in [1.54, 1.807) is 4.90 Å². The van der Waals surface area contributed by atoms with Gasteiger partial charge < -0.3 is 4.90 Å². The first kappa shape index (κ1) is 16.2. The summed E-state index contributed by atoms with van der Waals surface area (Å²) >= 11 is 10.2. The molecule has 0 aliphatic rings. The second kappa shape index (κ2) is 8.33. The highest BCUT2D eigenvalue weighted by molar-refractivity contribution is 9.11. The smallest absolute Gasteiger partial charge is 0.254 e. The van der Waals surface area contributed by atoms with Crippen LogP contribution in [0, 0.1) is 0 Å². The van der Waals surface area contributed by atoms with Crippen molar-refractivity contribution >= 4 is 53.7 Å². The number of amides is 1. The highest BCUT2D eigenvalue weighted by Crippen LogP contribution is 2.22. The SMILES string of the molecule is CN(CCCCCBr)C(=O)c1cc(Br)ccc1Br. The van der Waals surface area contributed by atoms with E-state index in [0.717, 1.165) is 40.1 Å². The third-order valence-electron chi connectivity index (χ3n) is 2.63. The maximum absolute atomic E-state index is 12.2. The number of halogens is 3. The van der Waals surface area contributed by atoms with E-state index < -0.39 is 0 Å². The third-order valence-corrected chi connectivity index (χ3v) is 4.38. The Morgan fingerprint density at radius 3 is 2.61 bits per heavy atom. The van der Waals surface area contributed by atoms with Crippen molar-refractivity contribution in [2.45, 2.75) is 19.3 Å². The lowest BCUT2D eigenvalue weighted by Crippen LogP contribution is -2.28. The summed E-state index contributed by atoms with van der Waals surface area (Å²) in [5.41, 5.74) is 0.701. The normalized spacial score (nSPS) is 10.4. The molecule has 0 atom stereocenters. The lowest BCUT2D eigenvalue weighted by molar-refractivity contribution is 0.0792. The lowest BCUT2D eigenvalue weighted by Gasteiger charge is -2.18. The summed E-state index contributed by atoms with van der Waals surface area (Å²) in [6, 6.07) is 5.65. The van der Waals surface area contributed by atoms with Crippen LogP contribution in [-0.4, -0.2) is 29.7 Å². The number of benzene rings is 1. The Balaban J connectivity index is 2.60.